The maximum absolute atomic E-state index is 12.9. The number of sulfonamides is 1. The molecule has 168 valence electrons. The molecule has 1 saturated heterocycles. The lowest BCUT2D eigenvalue weighted by atomic mass is 9.96. The molecule has 0 aliphatic carbocycles. The van der Waals surface area contributed by atoms with Crippen molar-refractivity contribution in [2.45, 2.75) is 57.5 Å². The zero-order valence-corrected chi connectivity index (χ0v) is 19.5. The Hall–Kier alpha value is -2.54. The Balaban J connectivity index is 1.72. The van der Waals surface area contributed by atoms with E-state index in [4.69, 9.17) is 4.74 Å². The molecule has 0 bridgehead atoms. The lowest BCUT2D eigenvalue weighted by molar-refractivity contribution is -0.160. The zero-order valence-electron chi connectivity index (χ0n) is 18.7. The third-order valence-corrected chi connectivity index (χ3v) is 6.75. The van der Waals surface area contributed by atoms with Gasteiger partial charge in [0.05, 0.1) is 22.2 Å². The fourth-order valence-corrected chi connectivity index (χ4v) is 4.76. The summed E-state index contributed by atoms with van der Waals surface area (Å²) in [4.78, 5) is 14.7. The van der Waals surface area contributed by atoms with Crippen molar-refractivity contribution < 1.29 is 17.9 Å². The predicted molar refractivity (Wildman–Crippen MR) is 124 cm³/mol. The first-order chi connectivity index (χ1) is 14.6. The van der Waals surface area contributed by atoms with Crippen LogP contribution in [0.15, 0.2) is 53.4 Å². The first-order valence-electron chi connectivity index (χ1n) is 10.8. The van der Waals surface area contributed by atoms with Gasteiger partial charge in [-0.05, 0) is 69.9 Å². The molecule has 1 aliphatic rings. The van der Waals surface area contributed by atoms with Crippen molar-refractivity contribution in [3.63, 3.8) is 0 Å². The number of esters is 1. The monoisotopic (exact) mass is 444 g/mol. The minimum absolute atomic E-state index is 0.128. The topological polar surface area (TPSA) is 75.7 Å². The predicted octanol–water partition coefficient (Wildman–Crippen LogP) is 4.61. The van der Waals surface area contributed by atoms with Crippen molar-refractivity contribution >= 4 is 27.4 Å². The van der Waals surface area contributed by atoms with E-state index in [-0.39, 0.29) is 16.8 Å². The summed E-state index contributed by atoms with van der Waals surface area (Å²) in [5.41, 5.74) is 1.96. The van der Waals surface area contributed by atoms with Gasteiger partial charge in [0.1, 0.15) is 5.60 Å². The minimum Gasteiger partial charge on any atom is -0.460 e. The lowest BCUT2D eigenvalue weighted by Crippen LogP contribution is -2.39. The highest BCUT2D eigenvalue weighted by atomic mass is 32.2. The molecule has 1 aliphatic heterocycles. The van der Waals surface area contributed by atoms with Gasteiger partial charge < -0.3 is 9.64 Å². The summed E-state index contributed by atoms with van der Waals surface area (Å²) in [5, 5.41) is 0. The molecule has 2 aromatic carbocycles. The molecule has 0 aromatic heterocycles. The Morgan fingerprint density at radius 3 is 2.26 bits per heavy atom. The van der Waals surface area contributed by atoms with Crippen LogP contribution in [0.4, 0.5) is 11.4 Å². The number of hydrogen-bond donors (Lipinski definition) is 1. The van der Waals surface area contributed by atoms with Gasteiger partial charge in [-0.15, -0.1) is 0 Å². The van der Waals surface area contributed by atoms with Crippen LogP contribution >= 0.6 is 0 Å². The number of para-hydroxylation sites is 2. The number of piperidine rings is 1. The molecular weight excluding hydrogens is 412 g/mol. The van der Waals surface area contributed by atoms with Crippen molar-refractivity contribution in [2.24, 2.45) is 5.92 Å². The summed E-state index contributed by atoms with van der Waals surface area (Å²) in [6, 6.07) is 14.3. The van der Waals surface area contributed by atoms with Gasteiger partial charge in [0.2, 0.25) is 0 Å². The molecule has 1 fully saturated rings. The molecule has 7 heteroatoms. The van der Waals surface area contributed by atoms with E-state index in [0.717, 1.165) is 17.7 Å². The van der Waals surface area contributed by atoms with E-state index >= 15 is 0 Å². The maximum Gasteiger partial charge on any atom is 0.309 e. The van der Waals surface area contributed by atoms with E-state index in [1.165, 1.54) is 0 Å². The number of nitrogens with zero attached hydrogens (tertiary/aromatic N) is 1. The number of aryl methyl sites for hydroxylation is 1. The van der Waals surface area contributed by atoms with Crippen molar-refractivity contribution in [1.82, 2.24) is 0 Å². The molecule has 0 unspecified atom stereocenters. The minimum atomic E-state index is -3.69. The maximum atomic E-state index is 12.9. The Morgan fingerprint density at radius 2 is 1.68 bits per heavy atom. The average Bonchev–Trinajstić information content (AvgIpc) is 2.73. The van der Waals surface area contributed by atoms with Crippen molar-refractivity contribution in [3.05, 3.63) is 54.1 Å². The van der Waals surface area contributed by atoms with Gasteiger partial charge in [0, 0.05) is 13.1 Å². The van der Waals surface area contributed by atoms with Gasteiger partial charge in [-0.2, -0.15) is 0 Å². The van der Waals surface area contributed by atoms with E-state index in [1.54, 1.807) is 18.2 Å². The summed E-state index contributed by atoms with van der Waals surface area (Å²) < 4.78 is 34.1. The molecule has 31 heavy (non-hydrogen) atoms. The zero-order chi connectivity index (χ0) is 22.6. The molecule has 0 saturated carbocycles. The molecule has 1 N–H and O–H groups in total. The second-order valence-electron chi connectivity index (χ2n) is 8.91. The Labute approximate surface area is 185 Å². The van der Waals surface area contributed by atoms with E-state index in [1.807, 2.05) is 58.0 Å². The van der Waals surface area contributed by atoms with Crippen LogP contribution in [0.5, 0.6) is 0 Å². The smallest absolute Gasteiger partial charge is 0.309 e. The highest BCUT2D eigenvalue weighted by Gasteiger charge is 2.30. The van der Waals surface area contributed by atoms with Gasteiger partial charge in [-0.1, -0.05) is 31.2 Å². The second kappa shape index (κ2) is 9.30. The average molecular weight is 445 g/mol. The van der Waals surface area contributed by atoms with Crippen LogP contribution in [0.2, 0.25) is 0 Å². The van der Waals surface area contributed by atoms with Crippen LogP contribution in [0.25, 0.3) is 0 Å². The van der Waals surface area contributed by atoms with Crippen LogP contribution in [0.3, 0.4) is 0 Å². The molecule has 0 atom stereocenters. The van der Waals surface area contributed by atoms with Crippen LogP contribution in [0, 0.1) is 5.92 Å². The van der Waals surface area contributed by atoms with E-state index in [0.29, 0.717) is 31.6 Å². The summed E-state index contributed by atoms with van der Waals surface area (Å²) in [6.07, 6.45) is 2.21. The molecule has 2 aromatic rings. The fraction of sp³-hybridized carbons (Fsp3) is 0.458. The highest BCUT2D eigenvalue weighted by Crippen LogP contribution is 2.32. The van der Waals surface area contributed by atoms with Gasteiger partial charge in [0.25, 0.3) is 10.0 Å². The van der Waals surface area contributed by atoms with Crippen molar-refractivity contribution in [2.75, 3.05) is 22.7 Å². The van der Waals surface area contributed by atoms with Crippen LogP contribution in [0.1, 0.15) is 46.1 Å². The van der Waals surface area contributed by atoms with Gasteiger partial charge in [0.15, 0.2) is 0 Å². The summed E-state index contributed by atoms with van der Waals surface area (Å²) in [5.74, 6) is -0.284. The number of benzene rings is 2. The normalized spacial score (nSPS) is 15.5. The Bertz CT molecular complexity index is 1000. The number of ether oxygens (including phenoxy) is 1. The third-order valence-electron chi connectivity index (χ3n) is 5.37. The molecular formula is C24H32N2O4S. The fourth-order valence-electron chi connectivity index (χ4n) is 3.68. The van der Waals surface area contributed by atoms with Crippen molar-refractivity contribution in [3.8, 4) is 0 Å². The summed E-state index contributed by atoms with van der Waals surface area (Å²) in [7, 11) is -3.69. The first kappa shape index (κ1) is 23.1. The molecule has 1 heterocycles. The van der Waals surface area contributed by atoms with Gasteiger partial charge in [-0.3, -0.25) is 9.52 Å². The molecule has 0 radical (unpaired) electrons. The van der Waals surface area contributed by atoms with E-state index < -0.39 is 15.6 Å². The molecule has 0 amide bonds. The Morgan fingerprint density at radius 1 is 1.06 bits per heavy atom. The quantitative estimate of drug-likeness (QED) is 0.659. The highest BCUT2D eigenvalue weighted by molar-refractivity contribution is 7.92. The van der Waals surface area contributed by atoms with Gasteiger partial charge in [-0.25, -0.2) is 8.42 Å². The van der Waals surface area contributed by atoms with Crippen LogP contribution in [-0.4, -0.2) is 33.1 Å². The number of carbonyl (C=O) groups excluding carboxylic acids is 1. The number of nitrogens with one attached hydrogen (secondary N) is 1. The largest absolute Gasteiger partial charge is 0.460 e. The molecule has 0 spiro atoms. The third kappa shape index (κ3) is 6.00. The van der Waals surface area contributed by atoms with Crippen LogP contribution < -0.4 is 9.62 Å². The number of rotatable bonds is 6. The number of anilines is 2. The Kier molecular flexibility index (Phi) is 6.94. The molecule has 3 rings (SSSR count). The summed E-state index contributed by atoms with van der Waals surface area (Å²) >= 11 is 0. The van der Waals surface area contributed by atoms with E-state index in [9.17, 15) is 13.2 Å². The lowest BCUT2D eigenvalue weighted by Gasteiger charge is -2.34. The van der Waals surface area contributed by atoms with E-state index in [2.05, 4.69) is 9.62 Å². The van der Waals surface area contributed by atoms with Gasteiger partial charge >= 0.3 is 5.97 Å². The standard InChI is InChI=1S/C24H32N2O4S/c1-5-18-10-12-20(13-11-18)31(28,29)25-21-8-6-7-9-22(21)26-16-14-19(15-17-26)23(27)30-24(2,3)4/h6-13,19,25H,5,14-17H2,1-4H3. The first-order valence-corrected chi connectivity index (χ1v) is 12.3. The number of carbonyl (C=O) groups is 1. The second-order valence-corrected chi connectivity index (χ2v) is 10.6. The summed E-state index contributed by atoms with van der Waals surface area (Å²) in [6.45, 7) is 8.97. The SMILES string of the molecule is CCc1ccc(S(=O)(=O)Nc2ccccc2N2CCC(C(=O)OC(C)(C)C)CC2)cc1. The van der Waals surface area contributed by atoms with Crippen molar-refractivity contribution in [1.29, 1.82) is 0 Å². The number of hydrogen-bond acceptors (Lipinski definition) is 5. The molecule has 6 nitrogen and oxygen atoms in total. The van der Waals surface area contributed by atoms with Crippen LogP contribution in [-0.2, 0) is 26.0 Å².